The molecule has 1 N–H and O–H groups in total. The molecule has 2 aromatic rings. The van der Waals surface area contributed by atoms with Crippen molar-refractivity contribution in [3.05, 3.63) is 24.3 Å². The lowest BCUT2D eigenvalue weighted by Crippen LogP contribution is -2.05. The van der Waals surface area contributed by atoms with Crippen molar-refractivity contribution < 1.29 is 9.13 Å². The van der Waals surface area contributed by atoms with E-state index < -0.39 is 5.82 Å². The highest BCUT2D eigenvalue weighted by Gasteiger charge is 2.09. The van der Waals surface area contributed by atoms with Crippen LogP contribution in [0.1, 0.15) is 6.42 Å². The van der Waals surface area contributed by atoms with Crippen LogP contribution in [0, 0.1) is 5.82 Å². The van der Waals surface area contributed by atoms with Crippen LogP contribution in [0.5, 0.6) is 5.75 Å². The smallest absolute Gasteiger partial charge is 0.167 e. The molecular formula is C13H16FN3OS. The van der Waals surface area contributed by atoms with Gasteiger partial charge < -0.3 is 10.1 Å². The number of ether oxygens (including phenoxy) is 1. The first-order chi connectivity index (χ1) is 9.26. The fraction of sp³-hybridized carbons (Fsp3) is 0.385. The van der Waals surface area contributed by atoms with Gasteiger partial charge in [0.1, 0.15) is 12.1 Å². The highest BCUT2D eigenvalue weighted by Crippen LogP contribution is 2.27. The molecule has 0 unspecified atom stereocenters. The van der Waals surface area contributed by atoms with E-state index in [-0.39, 0.29) is 5.75 Å². The first kappa shape index (κ1) is 13.9. The summed E-state index contributed by atoms with van der Waals surface area (Å²) < 4.78 is 18.6. The number of aromatic nitrogens is 2. The van der Waals surface area contributed by atoms with E-state index in [1.54, 1.807) is 17.8 Å². The number of nitrogens with zero attached hydrogens (tertiary/aromatic N) is 2. The van der Waals surface area contributed by atoms with Crippen molar-refractivity contribution in [2.24, 2.45) is 0 Å². The molecule has 6 heteroatoms. The molecule has 0 saturated heterocycles. The van der Waals surface area contributed by atoms with Gasteiger partial charge in [0.05, 0.1) is 12.6 Å². The number of benzene rings is 1. The van der Waals surface area contributed by atoms with Gasteiger partial charge in [0.15, 0.2) is 11.6 Å². The maximum atomic E-state index is 13.6. The number of rotatable bonds is 6. The third-order valence-corrected chi connectivity index (χ3v) is 3.42. The van der Waals surface area contributed by atoms with Gasteiger partial charge in [-0.25, -0.2) is 14.4 Å². The Kier molecular flexibility index (Phi) is 4.79. The molecule has 0 saturated carbocycles. The molecule has 0 fully saturated rings. The summed E-state index contributed by atoms with van der Waals surface area (Å²) in [5, 5.41) is 4.02. The molecule has 0 aliphatic rings. The van der Waals surface area contributed by atoms with Crippen molar-refractivity contribution in [3.8, 4) is 5.75 Å². The van der Waals surface area contributed by atoms with Gasteiger partial charge in [0.2, 0.25) is 0 Å². The number of hydrogen-bond acceptors (Lipinski definition) is 5. The van der Waals surface area contributed by atoms with Gasteiger partial charge >= 0.3 is 0 Å². The van der Waals surface area contributed by atoms with Crippen LogP contribution in [-0.2, 0) is 0 Å². The van der Waals surface area contributed by atoms with E-state index in [0.29, 0.717) is 11.3 Å². The lowest BCUT2D eigenvalue weighted by molar-refractivity contribution is 0.387. The average Bonchev–Trinajstić information content (AvgIpc) is 2.43. The van der Waals surface area contributed by atoms with Crippen molar-refractivity contribution in [2.45, 2.75) is 6.42 Å². The van der Waals surface area contributed by atoms with Crippen molar-refractivity contribution in [2.75, 3.05) is 31.0 Å². The number of thioether (sulfide) groups is 1. The maximum absolute atomic E-state index is 13.6. The van der Waals surface area contributed by atoms with E-state index in [1.165, 1.54) is 19.5 Å². The second-order valence-electron chi connectivity index (χ2n) is 4.00. The molecule has 1 aromatic carbocycles. The van der Waals surface area contributed by atoms with Crippen molar-refractivity contribution in [1.29, 1.82) is 0 Å². The Hall–Kier alpha value is -1.56. The maximum Gasteiger partial charge on any atom is 0.167 e. The minimum atomic E-state index is -0.415. The van der Waals surface area contributed by atoms with Crippen molar-refractivity contribution >= 4 is 28.5 Å². The normalized spacial score (nSPS) is 10.7. The van der Waals surface area contributed by atoms with Crippen LogP contribution in [0.15, 0.2) is 18.5 Å². The summed E-state index contributed by atoms with van der Waals surface area (Å²) in [5.74, 6) is 1.59. The summed E-state index contributed by atoms with van der Waals surface area (Å²) in [6, 6.07) is 2.99. The van der Waals surface area contributed by atoms with Gasteiger partial charge in [-0.05, 0) is 24.5 Å². The van der Waals surface area contributed by atoms with Gasteiger partial charge in [-0.1, -0.05) is 0 Å². The molecule has 0 bridgehead atoms. The summed E-state index contributed by atoms with van der Waals surface area (Å²) in [5.41, 5.74) is 0.570. The number of halogens is 1. The Balaban J connectivity index is 2.27. The molecule has 0 radical (unpaired) electrons. The Morgan fingerprint density at radius 1 is 1.37 bits per heavy atom. The number of fused-ring (bicyclic) bond motifs is 1. The average molecular weight is 281 g/mol. The summed E-state index contributed by atoms with van der Waals surface area (Å²) in [6.07, 6.45) is 4.56. The number of anilines is 1. The molecule has 0 amide bonds. The predicted octanol–water partition coefficient (Wildman–Crippen LogP) is 2.94. The molecular weight excluding hydrogens is 265 g/mol. The third kappa shape index (κ3) is 3.26. The molecule has 19 heavy (non-hydrogen) atoms. The Bertz CT molecular complexity index is 565. The zero-order chi connectivity index (χ0) is 13.7. The van der Waals surface area contributed by atoms with Crippen LogP contribution < -0.4 is 10.1 Å². The van der Waals surface area contributed by atoms with Gasteiger partial charge in [-0.15, -0.1) is 0 Å². The van der Waals surface area contributed by atoms with Crippen LogP contribution in [-0.4, -0.2) is 35.6 Å². The molecule has 2 rings (SSSR count). The third-order valence-electron chi connectivity index (χ3n) is 2.73. The molecule has 0 aliphatic carbocycles. The van der Waals surface area contributed by atoms with Gasteiger partial charge in [-0.3, -0.25) is 0 Å². The van der Waals surface area contributed by atoms with Gasteiger partial charge in [-0.2, -0.15) is 11.8 Å². The second-order valence-corrected chi connectivity index (χ2v) is 4.98. The topological polar surface area (TPSA) is 47.0 Å². The van der Waals surface area contributed by atoms with E-state index in [4.69, 9.17) is 4.74 Å². The van der Waals surface area contributed by atoms with E-state index in [9.17, 15) is 4.39 Å². The van der Waals surface area contributed by atoms with Crippen molar-refractivity contribution in [1.82, 2.24) is 9.97 Å². The molecule has 102 valence electrons. The quantitative estimate of drug-likeness (QED) is 0.825. The lowest BCUT2D eigenvalue weighted by atomic mass is 10.2. The standard InChI is InChI=1S/C13H16FN3OS/c1-18-12-6-9-11(7-10(12)14)16-8-17-13(9)15-4-3-5-19-2/h6-8H,3-5H2,1-2H3,(H,15,16,17). The highest BCUT2D eigenvalue weighted by molar-refractivity contribution is 7.98. The van der Waals surface area contributed by atoms with Gasteiger partial charge in [0, 0.05) is 18.0 Å². The minimum absolute atomic E-state index is 0.203. The van der Waals surface area contributed by atoms with Crippen LogP contribution >= 0.6 is 11.8 Å². The van der Waals surface area contributed by atoms with Crippen LogP contribution in [0.2, 0.25) is 0 Å². The van der Waals surface area contributed by atoms with Crippen LogP contribution in [0.3, 0.4) is 0 Å². The summed E-state index contributed by atoms with van der Waals surface area (Å²) in [6.45, 7) is 0.826. The minimum Gasteiger partial charge on any atom is -0.494 e. The fourth-order valence-corrected chi connectivity index (χ4v) is 2.21. The van der Waals surface area contributed by atoms with Crippen molar-refractivity contribution in [3.63, 3.8) is 0 Å². The fourth-order valence-electron chi connectivity index (χ4n) is 1.78. The largest absolute Gasteiger partial charge is 0.494 e. The number of hydrogen-bond donors (Lipinski definition) is 1. The SMILES string of the molecule is COc1cc2c(NCCCSC)ncnc2cc1F. The monoisotopic (exact) mass is 281 g/mol. The Morgan fingerprint density at radius 2 is 2.21 bits per heavy atom. The first-order valence-corrected chi connectivity index (χ1v) is 7.36. The molecule has 0 aliphatic heterocycles. The zero-order valence-electron chi connectivity index (χ0n) is 10.9. The Labute approximate surface area is 115 Å². The second kappa shape index (κ2) is 6.56. The molecule has 1 aromatic heterocycles. The van der Waals surface area contributed by atoms with Crippen LogP contribution in [0.4, 0.5) is 10.2 Å². The van der Waals surface area contributed by atoms with E-state index in [2.05, 4.69) is 21.5 Å². The number of methoxy groups -OCH3 is 1. The van der Waals surface area contributed by atoms with E-state index >= 15 is 0 Å². The molecule has 4 nitrogen and oxygen atoms in total. The number of nitrogens with one attached hydrogen (secondary N) is 1. The molecule has 0 atom stereocenters. The molecule has 0 spiro atoms. The summed E-state index contributed by atoms with van der Waals surface area (Å²) >= 11 is 1.81. The predicted molar refractivity (Wildman–Crippen MR) is 77.5 cm³/mol. The summed E-state index contributed by atoms with van der Waals surface area (Å²) in [7, 11) is 1.44. The highest BCUT2D eigenvalue weighted by atomic mass is 32.2. The van der Waals surface area contributed by atoms with E-state index in [1.807, 2.05) is 0 Å². The Morgan fingerprint density at radius 3 is 2.95 bits per heavy atom. The van der Waals surface area contributed by atoms with E-state index in [0.717, 1.165) is 24.1 Å². The zero-order valence-corrected chi connectivity index (χ0v) is 11.8. The summed E-state index contributed by atoms with van der Waals surface area (Å²) in [4.78, 5) is 8.27. The molecule has 1 heterocycles. The van der Waals surface area contributed by atoms with Gasteiger partial charge in [0.25, 0.3) is 0 Å². The van der Waals surface area contributed by atoms with Crippen LogP contribution in [0.25, 0.3) is 10.9 Å². The first-order valence-electron chi connectivity index (χ1n) is 5.97. The lowest BCUT2D eigenvalue weighted by Gasteiger charge is -2.09.